The molecule has 0 unspecified atom stereocenters. The average molecular weight is 355 g/mol. The summed E-state index contributed by atoms with van der Waals surface area (Å²) in [6, 6.07) is 6.03. The first kappa shape index (κ1) is 16.2. The van der Waals surface area contributed by atoms with Gasteiger partial charge in [0.05, 0.1) is 12.8 Å². The van der Waals surface area contributed by atoms with Gasteiger partial charge in [0.15, 0.2) is 0 Å². The quantitative estimate of drug-likeness (QED) is 0.390. The number of nitrogens with one attached hydrogen (secondary N) is 1. The number of methoxy groups -OCH3 is 1. The normalized spacial score (nSPS) is 11.7. The van der Waals surface area contributed by atoms with E-state index in [0.29, 0.717) is 0 Å². The minimum Gasteiger partial charge on any atom is -0.465 e. The molecular formula is C12H9N3O4S3. The van der Waals surface area contributed by atoms with Crippen molar-refractivity contribution in [1.82, 2.24) is 0 Å². The van der Waals surface area contributed by atoms with Crippen LogP contribution in [0.5, 0.6) is 0 Å². The lowest BCUT2D eigenvalue weighted by Gasteiger charge is -2.02. The molecule has 0 spiro atoms. The number of nitriles is 1. The lowest BCUT2D eigenvalue weighted by molar-refractivity contribution is 0.0607. The Morgan fingerprint density at radius 1 is 1.36 bits per heavy atom. The van der Waals surface area contributed by atoms with Gasteiger partial charge in [0.1, 0.15) is 15.2 Å². The van der Waals surface area contributed by atoms with Crippen molar-refractivity contribution in [1.29, 1.82) is 5.26 Å². The Kier molecular flexibility index (Phi) is 4.92. The summed E-state index contributed by atoms with van der Waals surface area (Å²) in [7, 11) is -2.73. The SMILES string of the molecule is COC(=O)c1sccc1N/N=C(/C#N)S(=O)(=O)c1cccs1. The summed E-state index contributed by atoms with van der Waals surface area (Å²) < 4.78 is 29.0. The topological polar surface area (TPSA) is 109 Å². The Balaban J connectivity index is 2.31. The zero-order valence-corrected chi connectivity index (χ0v) is 13.6. The zero-order valence-electron chi connectivity index (χ0n) is 11.1. The Hall–Kier alpha value is -2.22. The number of rotatable bonds is 4. The first-order valence-electron chi connectivity index (χ1n) is 5.69. The van der Waals surface area contributed by atoms with Gasteiger partial charge in [-0.1, -0.05) is 6.07 Å². The number of carbonyl (C=O) groups is 1. The van der Waals surface area contributed by atoms with E-state index < -0.39 is 20.9 Å². The van der Waals surface area contributed by atoms with E-state index >= 15 is 0 Å². The number of thiophene rings is 2. The molecular weight excluding hydrogens is 346 g/mol. The monoisotopic (exact) mass is 355 g/mol. The Labute approximate surface area is 134 Å². The first-order chi connectivity index (χ1) is 10.5. The van der Waals surface area contributed by atoms with E-state index in [2.05, 4.69) is 15.3 Å². The van der Waals surface area contributed by atoms with Crippen LogP contribution < -0.4 is 5.43 Å². The van der Waals surface area contributed by atoms with E-state index in [0.717, 1.165) is 22.7 Å². The lowest BCUT2D eigenvalue weighted by atomic mass is 10.4. The molecule has 2 rings (SSSR count). The minimum absolute atomic E-state index is 0.0214. The van der Waals surface area contributed by atoms with Gasteiger partial charge in [-0.25, -0.2) is 13.2 Å². The van der Waals surface area contributed by atoms with Crippen molar-refractivity contribution in [3.05, 3.63) is 33.8 Å². The third-order valence-electron chi connectivity index (χ3n) is 2.42. The summed E-state index contributed by atoms with van der Waals surface area (Å²) in [5, 5.41) is 15.2. The van der Waals surface area contributed by atoms with Crippen molar-refractivity contribution in [3.63, 3.8) is 0 Å². The first-order valence-corrected chi connectivity index (χ1v) is 8.93. The summed E-state index contributed by atoms with van der Waals surface area (Å²) in [4.78, 5) is 11.7. The molecule has 0 aromatic carbocycles. The highest BCUT2D eigenvalue weighted by molar-refractivity contribution is 8.08. The van der Waals surface area contributed by atoms with Gasteiger partial charge in [0.25, 0.3) is 5.04 Å². The third kappa shape index (κ3) is 3.16. The Morgan fingerprint density at radius 3 is 2.73 bits per heavy atom. The molecule has 0 aliphatic rings. The molecule has 0 atom stereocenters. The molecule has 2 aromatic rings. The van der Waals surface area contributed by atoms with Gasteiger partial charge in [-0.2, -0.15) is 10.4 Å². The highest BCUT2D eigenvalue weighted by atomic mass is 32.2. The standard InChI is InChI=1S/C12H9N3O4S3/c1-19-12(16)11-8(4-6-21-11)14-15-9(7-13)22(17,18)10-3-2-5-20-10/h2-6,14H,1H3/b15-9-. The maximum atomic E-state index is 12.2. The molecule has 10 heteroatoms. The fourth-order valence-electron chi connectivity index (χ4n) is 1.42. The second-order valence-electron chi connectivity index (χ2n) is 3.73. The van der Waals surface area contributed by atoms with Gasteiger partial charge in [0, 0.05) is 0 Å². The van der Waals surface area contributed by atoms with E-state index in [4.69, 9.17) is 5.26 Å². The summed E-state index contributed by atoms with van der Waals surface area (Å²) in [5.41, 5.74) is 2.70. The maximum Gasteiger partial charge on any atom is 0.350 e. The highest BCUT2D eigenvalue weighted by Gasteiger charge is 2.24. The smallest absolute Gasteiger partial charge is 0.350 e. The van der Waals surface area contributed by atoms with Crippen molar-refractivity contribution in [2.24, 2.45) is 5.10 Å². The number of carbonyl (C=O) groups excluding carboxylic acids is 1. The summed E-state index contributed by atoms with van der Waals surface area (Å²) in [5.74, 6) is -0.577. The molecule has 0 saturated carbocycles. The summed E-state index contributed by atoms with van der Waals surface area (Å²) >= 11 is 2.10. The molecule has 114 valence electrons. The largest absolute Gasteiger partial charge is 0.465 e. The molecule has 0 radical (unpaired) electrons. The molecule has 2 aromatic heterocycles. The summed E-state index contributed by atoms with van der Waals surface area (Å²) in [6.45, 7) is 0. The fraction of sp³-hybridized carbons (Fsp3) is 0.0833. The predicted octanol–water partition coefficient (Wildman–Crippen LogP) is 2.32. The Bertz CT molecular complexity index is 845. The van der Waals surface area contributed by atoms with Crippen LogP contribution in [0.4, 0.5) is 5.69 Å². The van der Waals surface area contributed by atoms with Gasteiger partial charge in [-0.15, -0.1) is 22.7 Å². The number of hydrazone groups is 1. The van der Waals surface area contributed by atoms with E-state index in [1.54, 1.807) is 22.9 Å². The summed E-state index contributed by atoms with van der Waals surface area (Å²) in [6.07, 6.45) is 0. The van der Waals surface area contributed by atoms with Crippen LogP contribution in [-0.2, 0) is 14.6 Å². The zero-order chi connectivity index (χ0) is 16.2. The molecule has 1 N–H and O–H groups in total. The fourth-order valence-corrected chi connectivity index (χ4v) is 4.27. The number of esters is 1. The van der Waals surface area contributed by atoms with Crippen LogP contribution in [0.2, 0.25) is 0 Å². The number of nitrogens with zero attached hydrogens (tertiary/aromatic N) is 2. The van der Waals surface area contributed by atoms with Crippen LogP contribution in [0.25, 0.3) is 0 Å². The van der Waals surface area contributed by atoms with Crippen molar-refractivity contribution in [2.45, 2.75) is 4.21 Å². The third-order valence-corrected chi connectivity index (χ3v) is 6.28. The van der Waals surface area contributed by atoms with Crippen LogP contribution in [0, 0.1) is 11.3 Å². The van der Waals surface area contributed by atoms with Crippen LogP contribution in [-0.4, -0.2) is 26.5 Å². The highest BCUT2D eigenvalue weighted by Crippen LogP contribution is 2.24. The minimum atomic E-state index is -3.97. The van der Waals surface area contributed by atoms with Gasteiger partial charge < -0.3 is 4.74 Å². The molecule has 22 heavy (non-hydrogen) atoms. The predicted molar refractivity (Wildman–Crippen MR) is 83.8 cm³/mol. The second-order valence-corrected chi connectivity index (χ2v) is 7.69. The maximum absolute atomic E-state index is 12.2. The molecule has 0 fully saturated rings. The molecule has 0 bridgehead atoms. The van der Waals surface area contributed by atoms with Crippen LogP contribution in [0.15, 0.2) is 38.3 Å². The van der Waals surface area contributed by atoms with E-state index in [9.17, 15) is 13.2 Å². The van der Waals surface area contributed by atoms with Crippen LogP contribution in [0.3, 0.4) is 0 Å². The number of ether oxygens (including phenoxy) is 1. The molecule has 0 aliphatic heterocycles. The van der Waals surface area contributed by atoms with E-state index in [1.165, 1.54) is 19.2 Å². The Morgan fingerprint density at radius 2 is 2.14 bits per heavy atom. The second kappa shape index (κ2) is 6.69. The van der Waals surface area contributed by atoms with Crippen LogP contribution in [0.1, 0.15) is 9.67 Å². The van der Waals surface area contributed by atoms with Crippen LogP contribution >= 0.6 is 22.7 Å². The molecule has 0 saturated heterocycles. The number of hydrogen-bond donors (Lipinski definition) is 1. The molecule has 2 heterocycles. The van der Waals surface area contributed by atoms with Gasteiger partial charge in [0.2, 0.25) is 9.84 Å². The number of anilines is 1. The van der Waals surface area contributed by atoms with Gasteiger partial charge >= 0.3 is 5.97 Å². The van der Waals surface area contributed by atoms with Crippen molar-refractivity contribution in [2.75, 3.05) is 12.5 Å². The molecule has 7 nitrogen and oxygen atoms in total. The van der Waals surface area contributed by atoms with E-state index in [-0.39, 0.29) is 14.8 Å². The number of sulfone groups is 1. The molecule has 0 amide bonds. The van der Waals surface area contributed by atoms with Gasteiger partial charge in [-0.05, 0) is 22.9 Å². The van der Waals surface area contributed by atoms with E-state index in [1.807, 2.05) is 0 Å². The van der Waals surface area contributed by atoms with Crippen molar-refractivity contribution < 1.29 is 17.9 Å². The van der Waals surface area contributed by atoms with Gasteiger partial charge in [-0.3, -0.25) is 5.43 Å². The number of hydrogen-bond acceptors (Lipinski definition) is 9. The van der Waals surface area contributed by atoms with Crippen molar-refractivity contribution in [3.8, 4) is 6.07 Å². The lowest BCUT2D eigenvalue weighted by Crippen LogP contribution is -2.14. The average Bonchev–Trinajstić information content (AvgIpc) is 3.18. The van der Waals surface area contributed by atoms with Crippen molar-refractivity contribution >= 4 is 49.2 Å². The molecule has 0 aliphatic carbocycles.